The average molecular weight is 309 g/mol. The maximum absolute atomic E-state index is 12.0. The highest BCUT2D eigenvalue weighted by molar-refractivity contribution is 6.31. The van der Waals surface area contributed by atoms with Crippen LogP contribution in [-0.2, 0) is 0 Å². The summed E-state index contributed by atoms with van der Waals surface area (Å²) >= 11 is 5.75. The molecule has 1 aromatic carbocycles. The van der Waals surface area contributed by atoms with Gasteiger partial charge in [0, 0.05) is 10.9 Å². The van der Waals surface area contributed by atoms with Crippen molar-refractivity contribution in [1.82, 2.24) is 15.2 Å². The average Bonchev–Trinajstić information content (AvgIpc) is 2.90. The van der Waals surface area contributed by atoms with Gasteiger partial charge in [-0.3, -0.25) is 9.89 Å². The van der Waals surface area contributed by atoms with Crippen LogP contribution < -0.4 is 5.32 Å². The number of hydrogen-bond acceptors (Lipinski definition) is 4. The Hall–Kier alpha value is -2.41. The number of benzene rings is 1. The van der Waals surface area contributed by atoms with Gasteiger partial charge in [-0.25, -0.2) is 9.78 Å². The molecular weight excluding hydrogens is 296 g/mol. The van der Waals surface area contributed by atoms with E-state index in [-0.39, 0.29) is 28.0 Å². The van der Waals surface area contributed by atoms with E-state index in [1.165, 1.54) is 18.2 Å². The van der Waals surface area contributed by atoms with Crippen molar-refractivity contribution in [2.24, 2.45) is 0 Å². The van der Waals surface area contributed by atoms with E-state index in [4.69, 9.17) is 16.7 Å². The molecule has 1 amide bonds. The second-order valence-corrected chi connectivity index (χ2v) is 5.08. The zero-order valence-corrected chi connectivity index (χ0v) is 12.1. The van der Waals surface area contributed by atoms with E-state index in [9.17, 15) is 9.59 Å². The fourth-order valence-electron chi connectivity index (χ4n) is 1.61. The van der Waals surface area contributed by atoms with Crippen LogP contribution in [0.5, 0.6) is 0 Å². The molecule has 0 saturated carbocycles. The molecular formula is C13H13ClN4O3. The Morgan fingerprint density at radius 1 is 1.38 bits per heavy atom. The van der Waals surface area contributed by atoms with Gasteiger partial charge in [0.25, 0.3) is 5.91 Å². The van der Waals surface area contributed by atoms with Gasteiger partial charge < -0.3 is 10.4 Å². The number of aromatic nitrogens is 3. The van der Waals surface area contributed by atoms with Gasteiger partial charge in [-0.15, -0.1) is 5.10 Å². The Kier molecular flexibility index (Phi) is 4.23. The van der Waals surface area contributed by atoms with Crippen LogP contribution in [0.1, 0.15) is 46.6 Å². The standard InChI is InChI=1S/C13H13ClN4O3/c1-6(2)10-16-11(18-17-10)12(19)15-9-4-3-7(14)5-8(9)13(20)21/h3-6H,1-2H3,(H,15,19)(H,20,21)(H,16,17,18). The first kappa shape index (κ1) is 15.0. The second-order valence-electron chi connectivity index (χ2n) is 4.65. The Morgan fingerprint density at radius 2 is 2.10 bits per heavy atom. The van der Waals surface area contributed by atoms with Gasteiger partial charge in [0.15, 0.2) is 0 Å². The molecule has 0 aliphatic rings. The van der Waals surface area contributed by atoms with Gasteiger partial charge in [-0.05, 0) is 18.2 Å². The van der Waals surface area contributed by atoms with Crippen molar-refractivity contribution in [3.05, 3.63) is 40.4 Å². The van der Waals surface area contributed by atoms with Crippen LogP contribution in [0.25, 0.3) is 0 Å². The molecule has 0 spiro atoms. The van der Waals surface area contributed by atoms with Gasteiger partial charge in [0.1, 0.15) is 5.82 Å². The maximum Gasteiger partial charge on any atom is 0.337 e. The summed E-state index contributed by atoms with van der Waals surface area (Å²) in [5.74, 6) is -1.16. The molecule has 0 aliphatic carbocycles. The first-order chi connectivity index (χ1) is 9.88. The summed E-state index contributed by atoms with van der Waals surface area (Å²) in [6.07, 6.45) is 0. The third-order valence-corrected chi connectivity index (χ3v) is 2.95. The van der Waals surface area contributed by atoms with Gasteiger partial charge in [-0.1, -0.05) is 25.4 Å². The molecule has 3 N–H and O–H groups in total. The number of rotatable bonds is 4. The summed E-state index contributed by atoms with van der Waals surface area (Å²) in [6, 6.07) is 4.16. The van der Waals surface area contributed by atoms with Crippen LogP contribution in [0.15, 0.2) is 18.2 Å². The number of nitrogens with one attached hydrogen (secondary N) is 2. The number of carboxylic acid groups (broad SMARTS) is 1. The van der Waals surface area contributed by atoms with Gasteiger partial charge in [0.05, 0.1) is 11.3 Å². The number of carbonyl (C=O) groups excluding carboxylic acids is 1. The van der Waals surface area contributed by atoms with Crippen LogP contribution in [0.2, 0.25) is 5.02 Å². The van der Waals surface area contributed by atoms with Crippen LogP contribution in [0, 0.1) is 0 Å². The Bertz CT molecular complexity index is 696. The Morgan fingerprint density at radius 3 is 2.67 bits per heavy atom. The van der Waals surface area contributed by atoms with Crippen molar-refractivity contribution in [1.29, 1.82) is 0 Å². The van der Waals surface area contributed by atoms with Crippen LogP contribution >= 0.6 is 11.6 Å². The van der Waals surface area contributed by atoms with Crippen LogP contribution in [-0.4, -0.2) is 32.2 Å². The van der Waals surface area contributed by atoms with E-state index in [0.29, 0.717) is 5.82 Å². The zero-order valence-electron chi connectivity index (χ0n) is 11.3. The summed E-state index contributed by atoms with van der Waals surface area (Å²) < 4.78 is 0. The number of nitrogens with zero attached hydrogens (tertiary/aromatic N) is 2. The smallest absolute Gasteiger partial charge is 0.337 e. The predicted molar refractivity (Wildman–Crippen MR) is 76.8 cm³/mol. The molecule has 1 heterocycles. The van der Waals surface area contributed by atoms with Crippen molar-refractivity contribution in [2.45, 2.75) is 19.8 Å². The number of carbonyl (C=O) groups is 2. The SMILES string of the molecule is CC(C)c1nc(C(=O)Nc2ccc(Cl)cc2C(=O)O)n[nH]1. The minimum absolute atomic E-state index is 0.0509. The normalized spacial score (nSPS) is 10.7. The highest BCUT2D eigenvalue weighted by Gasteiger charge is 2.18. The number of carboxylic acids is 1. The quantitative estimate of drug-likeness (QED) is 0.804. The molecule has 8 heteroatoms. The molecule has 0 aliphatic heterocycles. The summed E-state index contributed by atoms with van der Waals surface area (Å²) in [7, 11) is 0. The monoisotopic (exact) mass is 308 g/mol. The van der Waals surface area contributed by atoms with Crippen LogP contribution in [0.4, 0.5) is 5.69 Å². The Labute approximate surface area is 125 Å². The number of H-pyrrole nitrogens is 1. The van der Waals surface area contributed by atoms with Crippen LogP contribution in [0.3, 0.4) is 0 Å². The maximum atomic E-state index is 12.0. The van der Waals surface area contributed by atoms with Crippen molar-refractivity contribution < 1.29 is 14.7 Å². The van der Waals surface area contributed by atoms with Gasteiger partial charge in [0.2, 0.25) is 5.82 Å². The molecule has 7 nitrogen and oxygen atoms in total. The zero-order chi connectivity index (χ0) is 15.6. The summed E-state index contributed by atoms with van der Waals surface area (Å²) in [4.78, 5) is 27.2. The van der Waals surface area contributed by atoms with Crippen molar-refractivity contribution >= 4 is 29.2 Å². The lowest BCUT2D eigenvalue weighted by Gasteiger charge is -2.07. The van der Waals surface area contributed by atoms with E-state index < -0.39 is 11.9 Å². The molecule has 1 aromatic heterocycles. The van der Waals surface area contributed by atoms with Crippen molar-refractivity contribution in [2.75, 3.05) is 5.32 Å². The number of halogens is 1. The molecule has 0 atom stereocenters. The second kappa shape index (κ2) is 5.92. The Balaban J connectivity index is 2.25. The van der Waals surface area contributed by atoms with E-state index >= 15 is 0 Å². The molecule has 2 rings (SSSR count). The number of aromatic carboxylic acids is 1. The molecule has 110 valence electrons. The number of anilines is 1. The van der Waals surface area contributed by atoms with Gasteiger partial charge in [-0.2, -0.15) is 0 Å². The van der Waals surface area contributed by atoms with E-state index in [1.54, 1.807) is 0 Å². The van der Waals surface area contributed by atoms with Crippen molar-refractivity contribution in [3.63, 3.8) is 0 Å². The molecule has 0 bridgehead atoms. The predicted octanol–water partition coefficient (Wildman–Crippen LogP) is 2.53. The van der Waals surface area contributed by atoms with Gasteiger partial charge >= 0.3 is 5.97 Å². The van der Waals surface area contributed by atoms with E-state index in [0.717, 1.165) is 0 Å². The molecule has 0 unspecified atom stereocenters. The van der Waals surface area contributed by atoms with E-state index in [2.05, 4.69) is 20.5 Å². The lowest BCUT2D eigenvalue weighted by molar-refractivity contribution is 0.0698. The summed E-state index contributed by atoms with van der Waals surface area (Å²) in [5.41, 5.74) is 0.0308. The number of amides is 1. The fourth-order valence-corrected chi connectivity index (χ4v) is 1.79. The third kappa shape index (κ3) is 3.38. The molecule has 0 fully saturated rings. The summed E-state index contributed by atoms with van der Waals surface area (Å²) in [5, 5.41) is 18.3. The lowest BCUT2D eigenvalue weighted by atomic mass is 10.2. The van der Waals surface area contributed by atoms with E-state index in [1.807, 2.05) is 13.8 Å². The molecule has 2 aromatic rings. The molecule has 0 radical (unpaired) electrons. The fraction of sp³-hybridized carbons (Fsp3) is 0.231. The first-order valence-electron chi connectivity index (χ1n) is 6.15. The molecule has 21 heavy (non-hydrogen) atoms. The lowest BCUT2D eigenvalue weighted by Crippen LogP contribution is -2.16. The third-order valence-electron chi connectivity index (χ3n) is 2.71. The largest absolute Gasteiger partial charge is 0.478 e. The minimum atomic E-state index is -1.19. The summed E-state index contributed by atoms with van der Waals surface area (Å²) in [6.45, 7) is 3.81. The van der Waals surface area contributed by atoms with Crippen molar-refractivity contribution in [3.8, 4) is 0 Å². The minimum Gasteiger partial charge on any atom is -0.478 e. The topological polar surface area (TPSA) is 108 Å². The highest BCUT2D eigenvalue weighted by Crippen LogP contribution is 2.21. The number of hydrogen-bond donors (Lipinski definition) is 3. The first-order valence-corrected chi connectivity index (χ1v) is 6.52. The number of aromatic amines is 1. The molecule has 0 saturated heterocycles. The highest BCUT2D eigenvalue weighted by atomic mass is 35.5.